The van der Waals surface area contributed by atoms with Gasteiger partial charge in [-0.2, -0.15) is 4.98 Å². The molecule has 2 aliphatic rings. The zero-order chi connectivity index (χ0) is 28.6. The van der Waals surface area contributed by atoms with Gasteiger partial charge in [-0.1, -0.05) is 61.5 Å². The third kappa shape index (κ3) is 5.03. The van der Waals surface area contributed by atoms with Crippen LogP contribution >= 0.6 is 0 Å². The maximum Gasteiger partial charge on any atom is 0.227 e. The van der Waals surface area contributed by atoms with Gasteiger partial charge in [0.1, 0.15) is 5.82 Å². The topological polar surface area (TPSA) is 103 Å². The summed E-state index contributed by atoms with van der Waals surface area (Å²) in [6.07, 6.45) is 3.04. The molecule has 1 aromatic heterocycles. The van der Waals surface area contributed by atoms with Gasteiger partial charge in [0.05, 0.1) is 31.2 Å². The fraction of sp³-hybridized carbons (Fsp3) is 0.364. The Kier molecular flexibility index (Phi) is 7.15. The SMILES string of the molecule is COc1cc2nc(N3CCC(Cc4ccccc4)(C(=O)N[C@H]4c5ccccc5CC4C)CC3)nc(N)c2cc1OC. The van der Waals surface area contributed by atoms with Crippen LogP contribution < -0.4 is 25.4 Å². The van der Waals surface area contributed by atoms with Crippen LogP contribution in [-0.2, 0) is 17.6 Å². The molecule has 0 saturated carbocycles. The highest BCUT2D eigenvalue weighted by Crippen LogP contribution is 2.41. The minimum absolute atomic E-state index is 0.0277. The first-order valence-corrected chi connectivity index (χ1v) is 14.3. The molecule has 2 atom stereocenters. The first-order chi connectivity index (χ1) is 19.9. The molecule has 2 heterocycles. The van der Waals surface area contributed by atoms with Crippen LogP contribution in [-0.4, -0.2) is 43.2 Å². The number of carbonyl (C=O) groups is 1. The third-order valence-electron chi connectivity index (χ3n) is 8.88. The van der Waals surface area contributed by atoms with Crippen molar-refractivity contribution in [3.63, 3.8) is 0 Å². The molecule has 8 nitrogen and oxygen atoms in total. The maximum atomic E-state index is 14.2. The van der Waals surface area contributed by atoms with E-state index in [-0.39, 0.29) is 11.9 Å². The lowest BCUT2D eigenvalue weighted by atomic mass is 9.72. The molecule has 1 unspecified atom stereocenters. The fourth-order valence-corrected chi connectivity index (χ4v) is 6.52. The summed E-state index contributed by atoms with van der Waals surface area (Å²) in [5.74, 6) is 2.61. The number of methoxy groups -OCH3 is 2. The summed E-state index contributed by atoms with van der Waals surface area (Å²) >= 11 is 0. The second-order valence-electron chi connectivity index (χ2n) is 11.4. The lowest BCUT2D eigenvalue weighted by Gasteiger charge is -2.41. The molecule has 3 aromatic carbocycles. The number of ether oxygens (including phenoxy) is 2. The van der Waals surface area contributed by atoms with E-state index < -0.39 is 5.41 Å². The number of rotatable bonds is 7. The van der Waals surface area contributed by atoms with Crippen molar-refractivity contribution in [3.8, 4) is 11.5 Å². The van der Waals surface area contributed by atoms with Gasteiger partial charge in [-0.3, -0.25) is 4.79 Å². The first-order valence-electron chi connectivity index (χ1n) is 14.3. The number of nitrogens with two attached hydrogens (primary N) is 1. The molecule has 1 fully saturated rings. The van der Waals surface area contributed by atoms with Gasteiger partial charge in [0.15, 0.2) is 11.5 Å². The number of aromatic nitrogens is 2. The molecular weight excluding hydrogens is 514 g/mol. The van der Waals surface area contributed by atoms with Gasteiger partial charge in [-0.05, 0) is 54.4 Å². The molecule has 0 spiro atoms. The Morgan fingerprint density at radius 1 is 1.00 bits per heavy atom. The normalized spacial score (nSPS) is 19.5. The monoisotopic (exact) mass is 551 g/mol. The van der Waals surface area contributed by atoms with E-state index >= 15 is 0 Å². The Hall–Kier alpha value is -4.33. The highest BCUT2D eigenvalue weighted by atomic mass is 16.5. The second kappa shape index (κ2) is 10.9. The minimum Gasteiger partial charge on any atom is -0.493 e. The second-order valence-corrected chi connectivity index (χ2v) is 11.4. The third-order valence-corrected chi connectivity index (χ3v) is 8.88. The summed E-state index contributed by atoms with van der Waals surface area (Å²) in [6.45, 7) is 3.52. The van der Waals surface area contributed by atoms with E-state index in [0.717, 1.165) is 6.42 Å². The van der Waals surface area contributed by atoms with Crippen LogP contribution in [0.5, 0.6) is 11.5 Å². The van der Waals surface area contributed by atoms with Crippen LogP contribution in [0, 0.1) is 11.3 Å². The van der Waals surface area contributed by atoms with Gasteiger partial charge in [0.25, 0.3) is 0 Å². The highest BCUT2D eigenvalue weighted by molar-refractivity contribution is 5.92. The Labute approximate surface area is 240 Å². The number of benzene rings is 3. The smallest absolute Gasteiger partial charge is 0.227 e. The van der Waals surface area contributed by atoms with Gasteiger partial charge in [0.2, 0.25) is 11.9 Å². The summed E-state index contributed by atoms with van der Waals surface area (Å²) in [7, 11) is 3.19. The largest absolute Gasteiger partial charge is 0.493 e. The Bertz CT molecular complexity index is 1570. The van der Waals surface area contributed by atoms with Crippen molar-refractivity contribution in [1.82, 2.24) is 15.3 Å². The molecule has 41 heavy (non-hydrogen) atoms. The van der Waals surface area contributed by atoms with Crippen molar-refractivity contribution in [3.05, 3.63) is 83.4 Å². The summed E-state index contributed by atoms with van der Waals surface area (Å²) in [5.41, 5.74) is 10.3. The average Bonchev–Trinajstić information content (AvgIpc) is 3.31. The summed E-state index contributed by atoms with van der Waals surface area (Å²) in [4.78, 5) is 25.9. The Morgan fingerprint density at radius 3 is 2.41 bits per heavy atom. The van der Waals surface area contributed by atoms with Crippen LogP contribution in [0.15, 0.2) is 66.7 Å². The van der Waals surface area contributed by atoms with Crippen molar-refractivity contribution >= 4 is 28.6 Å². The highest BCUT2D eigenvalue weighted by Gasteiger charge is 2.44. The number of hydrogen-bond donors (Lipinski definition) is 2. The molecule has 1 aliphatic heterocycles. The number of nitrogens with zero attached hydrogens (tertiary/aromatic N) is 3. The molecule has 212 valence electrons. The molecule has 0 radical (unpaired) electrons. The number of nitrogens with one attached hydrogen (secondary N) is 1. The van der Waals surface area contributed by atoms with Crippen molar-refractivity contribution in [2.45, 2.75) is 38.6 Å². The number of nitrogen functional groups attached to an aromatic ring is 1. The summed E-state index contributed by atoms with van der Waals surface area (Å²) < 4.78 is 10.9. The van der Waals surface area contributed by atoms with Gasteiger partial charge in [0, 0.05) is 24.5 Å². The van der Waals surface area contributed by atoms with Crippen LogP contribution in [0.25, 0.3) is 10.9 Å². The van der Waals surface area contributed by atoms with Crippen molar-refractivity contribution in [1.29, 1.82) is 0 Å². The number of carbonyl (C=O) groups excluding carboxylic acids is 1. The van der Waals surface area contributed by atoms with Crippen molar-refractivity contribution < 1.29 is 14.3 Å². The van der Waals surface area contributed by atoms with E-state index in [1.165, 1.54) is 16.7 Å². The van der Waals surface area contributed by atoms with Crippen LogP contribution in [0.2, 0.25) is 0 Å². The van der Waals surface area contributed by atoms with Crippen molar-refractivity contribution in [2.24, 2.45) is 11.3 Å². The lowest BCUT2D eigenvalue weighted by molar-refractivity contribution is -0.133. The van der Waals surface area contributed by atoms with E-state index in [4.69, 9.17) is 20.2 Å². The fourth-order valence-electron chi connectivity index (χ4n) is 6.52. The van der Waals surface area contributed by atoms with Crippen molar-refractivity contribution in [2.75, 3.05) is 37.9 Å². The molecule has 4 aromatic rings. The number of hydrogen-bond acceptors (Lipinski definition) is 7. The van der Waals surface area contributed by atoms with E-state index in [9.17, 15) is 4.79 Å². The number of amides is 1. The predicted molar refractivity (Wildman–Crippen MR) is 161 cm³/mol. The molecule has 1 amide bonds. The molecule has 1 aliphatic carbocycles. The Balaban J connectivity index is 1.27. The average molecular weight is 552 g/mol. The maximum absolute atomic E-state index is 14.2. The number of fused-ring (bicyclic) bond motifs is 2. The molecule has 1 saturated heterocycles. The predicted octanol–water partition coefficient (Wildman–Crippen LogP) is 5.11. The van der Waals surface area contributed by atoms with Gasteiger partial charge < -0.3 is 25.4 Å². The van der Waals surface area contributed by atoms with Crippen LogP contribution in [0.3, 0.4) is 0 Å². The lowest BCUT2D eigenvalue weighted by Crippen LogP contribution is -2.51. The molecule has 6 rings (SSSR count). The quantitative estimate of drug-likeness (QED) is 0.329. The molecular formula is C33H37N5O3. The van der Waals surface area contributed by atoms with E-state index in [2.05, 4.69) is 58.5 Å². The summed E-state index contributed by atoms with van der Waals surface area (Å²) in [6, 6.07) is 22.5. The molecule has 8 heteroatoms. The standard InChI is InChI=1S/C33H37N5O3/c1-21-17-23-11-7-8-12-24(23)29(21)36-31(39)33(20-22-9-5-4-6-10-22)13-15-38(16-14-33)32-35-26-19-28(41-3)27(40-2)18-25(26)30(34)37-32/h4-12,18-19,21,29H,13-17,20H2,1-3H3,(H,36,39)(H2,34,35,37)/t21?,29-/m1/s1. The number of piperidine rings is 1. The van der Waals surface area contributed by atoms with E-state index in [0.29, 0.717) is 72.4 Å². The number of anilines is 2. The zero-order valence-corrected chi connectivity index (χ0v) is 23.9. The van der Waals surface area contributed by atoms with Gasteiger partial charge >= 0.3 is 0 Å². The zero-order valence-electron chi connectivity index (χ0n) is 23.9. The van der Waals surface area contributed by atoms with Gasteiger partial charge in [-0.15, -0.1) is 0 Å². The minimum atomic E-state index is -0.534. The summed E-state index contributed by atoms with van der Waals surface area (Å²) in [5, 5.41) is 4.21. The van der Waals surface area contributed by atoms with E-state index in [1.54, 1.807) is 20.3 Å². The van der Waals surface area contributed by atoms with Gasteiger partial charge in [-0.25, -0.2) is 4.98 Å². The molecule has 3 N–H and O–H groups in total. The van der Waals surface area contributed by atoms with Crippen LogP contribution in [0.4, 0.5) is 11.8 Å². The molecule has 0 bridgehead atoms. The van der Waals surface area contributed by atoms with E-state index in [1.807, 2.05) is 24.3 Å². The Morgan fingerprint density at radius 2 is 1.68 bits per heavy atom. The van der Waals surface area contributed by atoms with Crippen LogP contribution in [0.1, 0.15) is 42.5 Å². The first kappa shape index (κ1) is 26.9.